The molecule has 1 N–H and O–H groups in total. The smallest absolute Gasteiger partial charge is 0.305 e. The number of carbonyl (C=O) groups is 2. The van der Waals surface area contributed by atoms with Crippen LogP contribution in [0, 0.1) is 10.8 Å². The SMILES string of the molecule is C.C=CCC(C)(C)CCC(=O)O.C=CCC(C)(C)CCC(=O)OC. The second kappa shape index (κ2) is 13.8. The molecule has 0 saturated carbocycles. The molecule has 0 unspecified atom stereocenters. The molecule has 0 aromatic rings. The maximum absolute atomic E-state index is 10.8. The molecule has 0 spiro atoms. The Hall–Kier alpha value is -1.58. The van der Waals surface area contributed by atoms with E-state index in [4.69, 9.17) is 5.11 Å². The van der Waals surface area contributed by atoms with Crippen LogP contribution >= 0.6 is 0 Å². The van der Waals surface area contributed by atoms with E-state index in [2.05, 4.69) is 45.6 Å². The molecule has 0 atom stereocenters. The summed E-state index contributed by atoms with van der Waals surface area (Å²) in [5, 5.41) is 8.42. The van der Waals surface area contributed by atoms with Crippen LogP contribution in [0.3, 0.4) is 0 Å². The van der Waals surface area contributed by atoms with Crippen molar-refractivity contribution in [2.45, 2.75) is 73.6 Å². The van der Waals surface area contributed by atoms with E-state index >= 15 is 0 Å². The van der Waals surface area contributed by atoms with Gasteiger partial charge in [-0.05, 0) is 36.5 Å². The van der Waals surface area contributed by atoms with Crippen molar-refractivity contribution in [3.05, 3.63) is 25.3 Å². The summed E-state index contributed by atoms with van der Waals surface area (Å²) in [6.45, 7) is 15.7. The molecule has 4 heteroatoms. The van der Waals surface area contributed by atoms with E-state index in [-0.39, 0.29) is 30.6 Å². The van der Waals surface area contributed by atoms with Gasteiger partial charge in [0.05, 0.1) is 7.11 Å². The predicted molar refractivity (Wildman–Crippen MR) is 102 cm³/mol. The van der Waals surface area contributed by atoms with Crippen LogP contribution in [-0.4, -0.2) is 24.2 Å². The zero-order chi connectivity index (χ0) is 18.5. The number of carboxylic acids is 1. The van der Waals surface area contributed by atoms with Crippen LogP contribution in [0.2, 0.25) is 0 Å². The largest absolute Gasteiger partial charge is 0.481 e. The van der Waals surface area contributed by atoms with Crippen molar-refractivity contribution in [2.75, 3.05) is 7.11 Å². The summed E-state index contributed by atoms with van der Waals surface area (Å²) in [7, 11) is 1.42. The molecule has 0 aromatic carbocycles. The minimum Gasteiger partial charge on any atom is -0.481 e. The molecule has 0 aliphatic carbocycles. The number of ether oxygens (including phenoxy) is 1. The molecular weight excluding hydrogens is 304 g/mol. The Labute approximate surface area is 149 Å². The molecule has 0 heterocycles. The fraction of sp³-hybridized carbons (Fsp3) is 0.700. The second-order valence-electron chi connectivity index (χ2n) is 7.28. The van der Waals surface area contributed by atoms with E-state index in [1.807, 2.05) is 12.2 Å². The van der Waals surface area contributed by atoms with Crippen molar-refractivity contribution in [2.24, 2.45) is 10.8 Å². The first-order chi connectivity index (χ1) is 10.5. The Morgan fingerprint density at radius 2 is 1.33 bits per heavy atom. The number of esters is 1. The molecular formula is C20H38O4. The molecule has 0 rings (SSSR count). The van der Waals surface area contributed by atoms with Gasteiger partial charge in [-0.1, -0.05) is 47.3 Å². The molecule has 0 aliphatic rings. The lowest BCUT2D eigenvalue weighted by Gasteiger charge is -2.21. The van der Waals surface area contributed by atoms with Crippen LogP contribution in [0.5, 0.6) is 0 Å². The molecule has 4 nitrogen and oxygen atoms in total. The fourth-order valence-electron chi connectivity index (χ4n) is 1.97. The number of hydrogen-bond donors (Lipinski definition) is 1. The van der Waals surface area contributed by atoms with Crippen molar-refractivity contribution in [3.63, 3.8) is 0 Å². The monoisotopic (exact) mass is 342 g/mol. The summed E-state index contributed by atoms with van der Waals surface area (Å²) in [6.07, 6.45) is 7.85. The highest BCUT2D eigenvalue weighted by molar-refractivity contribution is 5.69. The molecule has 0 aliphatic heterocycles. The van der Waals surface area contributed by atoms with Gasteiger partial charge in [0.1, 0.15) is 0 Å². The van der Waals surface area contributed by atoms with E-state index in [0.29, 0.717) is 12.8 Å². The highest BCUT2D eigenvalue weighted by Gasteiger charge is 2.17. The molecule has 0 bridgehead atoms. The number of methoxy groups -OCH3 is 1. The van der Waals surface area contributed by atoms with E-state index < -0.39 is 5.97 Å². The summed E-state index contributed by atoms with van der Waals surface area (Å²) in [5.41, 5.74) is 0.246. The molecule has 0 fully saturated rings. The van der Waals surface area contributed by atoms with Crippen molar-refractivity contribution < 1.29 is 19.4 Å². The van der Waals surface area contributed by atoms with Crippen molar-refractivity contribution in [1.82, 2.24) is 0 Å². The highest BCUT2D eigenvalue weighted by atomic mass is 16.5. The first-order valence-electron chi connectivity index (χ1n) is 8.00. The Bertz CT molecular complexity index is 381. The van der Waals surface area contributed by atoms with Gasteiger partial charge in [0, 0.05) is 12.8 Å². The van der Waals surface area contributed by atoms with Gasteiger partial charge >= 0.3 is 11.9 Å². The molecule has 0 radical (unpaired) electrons. The van der Waals surface area contributed by atoms with Gasteiger partial charge in [-0.25, -0.2) is 0 Å². The van der Waals surface area contributed by atoms with Crippen LogP contribution < -0.4 is 0 Å². The fourth-order valence-corrected chi connectivity index (χ4v) is 1.97. The molecule has 24 heavy (non-hydrogen) atoms. The predicted octanol–water partition coefficient (Wildman–Crippen LogP) is 5.63. The lowest BCUT2D eigenvalue weighted by Crippen LogP contribution is -2.13. The van der Waals surface area contributed by atoms with Crippen LogP contribution in [0.1, 0.15) is 73.6 Å². The van der Waals surface area contributed by atoms with Crippen LogP contribution in [0.25, 0.3) is 0 Å². The molecule has 0 saturated heterocycles. The third-order valence-corrected chi connectivity index (χ3v) is 3.64. The summed E-state index contributed by atoms with van der Waals surface area (Å²) < 4.78 is 4.56. The van der Waals surface area contributed by atoms with E-state index in [1.165, 1.54) is 7.11 Å². The summed E-state index contributed by atoms with van der Waals surface area (Å²) in [6, 6.07) is 0. The normalized spacial score (nSPS) is 10.5. The van der Waals surface area contributed by atoms with Gasteiger partial charge in [-0.15, -0.1) is 13.2 Å². The van der Waals surface area contributed by atoms with Crippen molar-refractivity contribution in [1.29, 1.82) is 0 Å². The van der Waals surface area contributed by atoms with Crippen molar-refractivity contribution in [3.8, 4) is 0 Å². The Morgan fingerprint density at radius 3 is 1.62 bits per heavy atom. The number of carbonyl (C=O) groups excluding carboxylic acids is 1. The number of hydrogen-bond acceptors (Lipinski definition) is 3. The first kappa shape index (κ1) is 27.3. The van der Waals surface area contributed by atoms with Gasteiger partial charge in [-0.2, -0.15) is 0 Å². The minimum atomic E-state index is -0.720. The molecule has 0 amide bonds. The third-order valence-electron chi connectivity index (χ3n) is 3.64. The third kappa shape index (κ3) is 18.5. The number of carboxylic acid groups (broad SMARTS) is 1. The zero-order valence-corrected chi connectivity index (χ0v) is 15.5. The Balaban J connectivity index is -0.000000354. The van der Waals surface area contributed by atoms with Gasteiger partial charge < -0.3 is 9.84 Å². The standard InChI is InChI=1S/C10H18O2.C9H16O2.CH4/c1-5-7-10(2,3)8-6-9(11)12-4;1-4-6-9(2,3)7-5-8(10)11;/h5H,1,6-8H2,2-4H3;4H,1,5-7H2,2-3H3,(H,10,11);1H4. The summed E-state index contributed by atoms with van der Waals surface area (Å²) in [5.74, 6) is -0.853. The second-order valence-corrected chi connectivity index (χ2v) is 7.28. The topological polar surface area (TPSA) is 63.6 Å². The van der Waals surface area contributed by atoms with Crippen LogP contribution in [0.15, 0.2) is 25.3 Å². The van der Waals surface area contributed by atoms with Gasteiger partial charge in [0.15, 0.2) is 0 Å². The summed E-state index contributed by atoms with van der Waals surface area (Å²) >= 11 is 0. The van der Waals surface area contributed by atoms with E-state index in [1.54, 1.807) is 0 Å². The maximum Gasteiger partial charge on any atom is 0.305 e. The lowest BCUT2D eigenvalue weighted by atomic mass is 9.84. The van der Waals surface area contributed by atoms with Crippen LogP contribution in [0.4, 0.5) is 0 Å². The first-order valence-corrected chi connectivity index (χ1v) is 8.00. The molecule has 142 valence electrons. The van der Waals surface area contributed by atoms with E-state index in [9.17, 15) is 9.59 Å². The number of aliphatic carboxylic acids is 1. The number of rotatable bonds is 10. The Kier molecular flexibility index (Phi) is 15.7. The van der Waals surface area contributed by atoms with Gasteiger partial charge in [0.25, 0.3) is 0 Å². The Morgan fingerprint density at radius 1 is 0.958 bits per heavy atom. The maximum atomic E-state index is 10.8. The van der Waals surface area contributed by atoms with E-state index in [0.717, 1.165) is 19.3 Å². The van der Waals surface area contributed by atoms with Crippen LogP contribution in [-0.2, 0) is 14.3 Å². The van der Waals surface area contributed by atoms with Gasteiger partial charge in [0.2, 0.25) is 0 Å². The molecule has 0 aromatic heterocycles. The van der Waals surface area contributed by atoms with Gasteiger partial charge in [-0.3, -0.25) is 9.59 Å². The average Bonchev–Trinajstić information content (AvgIpc) is 2.43. The quantitative estimate of drug-likeness (QED) is 0.413. The zero-order valence-electron chi connectivity index (χ0n) is 15.5. The minimum absolute atomic E-state index is 0. The number of allylic oxidation sites excluding steroid dienone is 2. The highest BCUT2D eigenvalue weighted by Crippen LogP contribution is 2.27. The summed E-state index contributed by atoms with van der Waals surface area (Å²) in [4.78, 5) is 21.0. The van der Waals surface area contributed by atoms with Crippen molar-refractivity contribution >= 4 is 11.9 Å². The lowest BCUT2D eigenvalue weighted by molar-refractivity contribution is -0.141. The average molecular weight is 343 g/mol.